The molecule has 1 N–H and O–H groups in total. The molecule has 0 saturated heterocycles. The largest absolute Gasteiger partial charge is 0.481 e. The Morgan fingerprint density at radius 2 is 1.63 bits per heavy atom. The maximum absolute atomic E-state index is 12.1. The zero-order chi connectivity index (χ0) is 15.2. The van der Waals surface area contributed by atoms with E-state index in [1.807, 2.05) is 6.92 Å². The average Bonchev–Trinajstić information content (AvgIpc) is 2.27. The third kappa shape index (κ3) is 5.72. The average molecular weight is 272 g/mol. The lowest BCUT2D eigenvalue weighted by molar-refractivity contribution is -0.152. The highest BCUT2D eigenvalue weighted by Gasteiger charge is 2.32. The van der Waals surface area contributed by atoms with Gasteiger partial charge in [0.15, 0.2) is 0 Å². The molecule has 110 valence electrons. The van der Waals surface area contributed by atoms with Crippen LogP contribution in [-0.2, 0) is 14.4 Å². The van der Waals surface area contributed by atoms with Crippen molar-refractivity contribution in [3.63, 3.8) is 0 Å². The highest BCUT2D eigenvalue weighted by Crippen LogP contribution is 2.21. The van der Waals surface area contributed by atoms with Gasteiger partial charge >= 0.3 is 5.97 Å². The molecule has 0 spiro atoms. The summed E-state index contributed by atoms with van der Waals surface area (Å²) in [5.41, 5.74) is -1.12. The quantitative estimate of drug-likeness (QED) is 0.744. The van der Waals surface area contributed by atoms with Crippen LogP contribution in [0.5, 0.6) is 0 Å². The minimum Gasteiger partial charge on any atom is -0.481 e. The van der Waals surface area contributed by atoms with Gasteiger partial charge in [-0.3, -0.25) is 14.4 Å². The van der Waals surface area contributed by atoms with Crippen molar-refractivity contribution in [3.8, 4) is 0 Å². The fourth-order valence-electron chi connectivity index (χ4n) is 1.43. The molecule has 0 heterocycles. The molecule has 0 aromatic carbocycles. The minimum absolute atomic E-state index is 0.00459. The van der Waals surface area contributed by atoms with Crippen LogP contribution in [0.15, 0.2) is 0 Å². The molecule has 0 saturated carbocycles. The molecule has 0 aliphatic heterocycles. The summed E-state index contributed by atoms with van der Waals surface area (Å²) in [6.45, 7) is 5.36. The van der Waals surface area contributed by atoms with Gasteiger partial charge in [0, 0.05) is 27.1 Å². The third-order valence-electron chi connectivity index (χ3n) is 2.84. The summed E-state index contributed by atoms with van der Waals surface area (Å²) >= 11 is 0. The van der Waals surface area contributed by atoms with E-state index < -0.39 is 11.4 Å². The maximum Gasteiger partial charge on any atom is 0.309 e. The Bertz CT molecular complexity index is 351. The number of carbonyl (C=O) groups is 3. The summed E-state index contributed by atoms with van der Waals surface area (Å²) in [7, 11) is 3.25. The van der Waals surface area contributed by atoms with E-state index in [1.54, 1.807) is 14.1 Å². The lowest BCUT2D eigenvalue weighted by Crippen LogP contribution is -2.43. The topological polar surface area (TPSA) is 77.9 Å². The summed E-state index contributed by atoms with van der Waals surface area (Å²) in [6, 6.07) is 0. The molecular formula is C13H24N2O4. The molecule has 0 bridgehead atoms. The summed E-state index contributed by atoms with van der Waals surface area (Å²) in [5, 5.41) is 9.03. The van der Waals surface area contributed by atoms with Crippen LogP contribution in [0.1, 0.15) is 33.6 Å². The SMILES string of the molecule is CCCN(CC(=O)N(C)C)C(=O)CC(C)(C)C(=O)O. The van der Waals surface area contributed by atoms with Gasteiger partial charge in [0.05, 0.1) is 12.0 Å². The summed E-state index contributed by atoms with van der Waals surface area (Å²) in [5.74, 6) is -1.49. The molecular weight excluding hydrogens is 248 g/mol. The van der Waals surface area contributed by atoms with E-state index in [1.165, 1.54) is 23.6 Å². The Balaban J connectivity index is 4.75. The van der Waals surface area contributed by atoms with Gasteiger partial charge in [-0.05, 0) is 20.3 Å². The Hall–Kier alpha value is -1.59. The van der Waals surface area contributed by atoms with E-state index >= 15 is 0 Å². The van der Waals surface area contributed by atoms with E-state index in [9.17, 15) is 14.4 Å². The number of carboxylic acid groups (broad SMARTS) is 1. The fraction of sp³-hybridized carbons (Fsp3) is 0.769. The van der Waals surface area contributed by atoms with Crippen molar-refractivity contribution in [2.75, 3.05) is 27.2 Å². The summed E-state index contributed by atoms with van der Waals surface area (Å²) in [4.78, 5) is 37.6. The zero-order valence-corrected chi connectivity index (χ0v) is 12.4. The normalized spacial score (nSPS) is 11.0. The second-order valence-electron chi connectivity index (χ2n) is 5.47. The molecule has 0 aromatic rings. The van der Waals surface area contributed by atoms with Crippen LogP contribution in [0.4, 0.5) is 0 Å². The predicted molar refractivity (Wildman–Crippen MR) is 71.6 cm³/mol. The Morgan fingerprint density at radius 3 is 2.00 bits per heavy atom. The fourth-order valence-corrected chi connectivity index (χ4v) is 1.43. The summed E-state index contributed by atoms with van der Waals surface area (Å²) < 4.78 is 0. The van der Waals surface area contributed by atoms with E-state index in [0.29, 0.717) is 6.54 Å². The van der Waals surface area contributed by atoms with Crippen molar-refractivity contribution in [3.05, 3.63) is 0 Å². The number of hydrogen-bond donors (Lipinski definition) is 1. The number of aliphatic carboxylic acids is 1. The highest BCUT2D eigenvalue weighted by molar-refractivity contribution is 5.88. The lowest BCUT2D eigenvalue weighted by Gasteiger charge is -2.27. The van der Waals surface area contributed by atoms with Gasteiger partial charge in [0.2, 0.25) is 11.8 Å². The number of amides is 2. The molecule has 2 amide bonds. The Kier molecular flexibility index (Phi) is 6.52. The predicted octanol–water partition coefficient (Wildman–Crippen LogP) is 0.814. The molecule has 0 atom stereocenters. The van der Waals surface area contributed by atoms with Crippen molar-refractivity contribution in [2.24, 2.45) is 5.41 Å². The molecule has 0 fully saturated rings. The first-order valence-corrected chi connectivity index (χ1v) is 6.33. The molecule has 0 radical (unpaired) electrons. The van der Waals surface area contributed by atoms with Crippen molar-refractivity contribution >= 4 is 17.8 Å². The van der Waals surface area contributed by atoms with E-state index in [0.717, 1.165) is 6.42 Å². The van der Waals surface area contributed by atoms with Crippen LogP contribution in [0.25, 0.3) is 0 Å². The first kappa shape index (κ1) is 17.4. The van der Waals surface area contributed by atoms with Gasteiger partial charge in [-0.15, -0.1) is 0 Å². The van der Waals surface area contributed by atoms with Crippen molar-refractivity contribution in [2.45, 2.75) is 33.6 Å². The molecule has 0 rings (SSSR count). The van der Waals surface area contributed by atoms with E-state index in [4.69, 9.17) is 5.11 Å². The number of hydrogen-bond acceptors (Lipinski definition) is 3. The molecule has 0 unspecified atom stereocenters. The molecule has 0 aromatic heterocycles. The van der Waals surface area contributed by atoms with Crippen molar-refractivity contribution in [1.29, 1.82) is 0 Å². The van der Waals surface area contributed by atoms with Crippen LogP contribution in [0.2, 0.25) is 0 Å². The van der Waals surface area contributed by atoms with Gasteiger partial charge in [0.1, 0.15) is 0 Å². The molecule has 0 aliphatic carbocycles. The standard InChI is InChI=1S/C13H24N2O4/c1-6-7-15(9-11(17)14(4)5)10(16)8-13(2,3)12(18)19/h6-9H2,1-5H3,(H,18,19). The maximum atomic E-state index is 12.1. The minimum atomic E-state index is -1.12. The lowest BCUT2D eigenvalue weighted by atomic mass is 9.89. The third-order valence-corrected chi connectivity index (χ3v) is 2.84. The zero-order valence-electron chi connectivity index (χ0n) is 12.4. The molecule has 6 nitrogen and oxygen atoms in total. The monoisotopic (exact) mass is 272 g/mol. The van der Waals surface area contributed by atoms with Crippen LogP contribution < -0.4 is 0 Å². The van der Waals surface area contributed by atoms with E-state index in [-0.39, 0.29) is 24.8 Å². The molecule has 19 heavy (non-hydrogen) atoms. The Morgan fingerprint density at radius 1 is 1.11 bits per heavy atom. The second-order valence-corrected chi connectivity index (χ2v) is 5.47. The van der Waals surface area contributed by atoms with Gasteiger partial charge in [-0.1, -0.05) is 6.92 Å². The first-order chi connectivity index (χ1) is 8.61. The van der Waals surface area contributed by atoms with Crippen LogP contribution >= 0.6 is 0 Å². The van der Waals surface area contributed by atoms with Crippen molar-refractivity contribution < 1.29 is 19.5 Å². The molecule has 0 aliphatic rings. The van der Waals surface area contributed by atoms with Gasteiger partial charge in [0.25, 0.3) is 0 Å². The number of likely N-dealkylation sites (N-methyl/N-ethyl adjacent to an activating group) is 1. The Labute approximate surface area is 114 Å². The number of rotatable bonds is 7. The van der Waals surface area contributed by atoms with E-state index in [2.05, 4.69) is 0 Å². The molecule has 6 heteroatoms. The van der Waals surface area contributed by atoms with Crippen LogP contribution in [0, 0.1) is 5.41 Å². The van der Waals surface area contributed by atoms with Gasteiger partial charge < -0.3 is 14.9 Å². The second kappa shape index (κ2) is 7.11. The van der Waals surface area contributed by atoms with Gasteiger partial charge in [-0.25, -0.2) is 0 Å². The number of carboxylic acids is 1. The van der Waals surface area contributed by atoms with Crippen LogP contribution in [0.3, 0.4) is 0 Å². The number of nitrogens with zero attached hydrogens (tertiary/aromatic N) is 2. The smallest absolute Gasteiger partial charge is 0.309 e. The number of carbonyl (C=O) groups excluding carboxylic acids is 2. The summed E-state index contributed by atoms with van der Waals surface area (Å²) in [6.07, 6.45) is 0.614. The first-order valence-electron chi connectivity index (χ1n) is 6.33. The highest BCUT2D eigenvalue weighted by atomic mass is 16.4. The van der Waals surface area contributed by atoms with Crippen LogP contribution in [-0.4, -0.2) is 59.9 Å². The van der Waals surface area contributed by atoms with Crippen molar-refractivity contribution in [1.82, 2.24) is 9.80 Å². The van der Waals surface area contributed by atoms with Gasteiger partial charge in [-0.2, -0.15) is 0 Å².